The van der Waals surface area contributed by atoms with E-state index in [-0.39, 0.29) is 25.4 Å². The molecule has 0 unspecified atom stereocenters. The van der Waals surface area contributed by atoms with Crippen LogP contribution in [0.1, 0.15) is 54.9 Å². The molecule has 0 spiro atoms. The molecule has 0 aliphatic heterocycles. The molecule has 0 bridgehead atoms. The van der Waals surface area contributed by atoms with E-state index in [0.717, 1.165) is 6.42 Å². The van der Waals surface area contributed by atoms with Crippen LogP contribution in [-0.4, -0.2) is 46.6 Å². The first-order valence-corrected chi connectivity index (χ1v) is 10.7. The maximum absolute atomic E-state index is 9.38. The predicted octanol–water partition coefficient (Wildman–Crippen LogP) is 4.19. The third kappa shape index (κ3) is 5.93. The molecule has 22 heavy (non-hydrogen) atoms. The minimum Gasteiger partial charge on any atom is -0.416 e. The lowest BCUT2D eigenvalue weighted by atomic mass is 10.0. The van der Waals surface area contributed by atoms with Gasteiger partial charge in [0.25, 0.3) is 0 Å². The van der Waals surface area contributed by atoms with E-state index in [1.807, 2.05) is 6.92 Å². The van der Waals surface area contributed by atoms with Gasteiger partial charge in [-0.25, -0.2) is 0 Å². The van der Waals surface area contributed by atoms with Gasteiger partial charge in [-0.05, 0) is 23.0 Å². The van der Waals surface area contributed by atoms with Crippen LogP contribution in [0.4, 0.5) is 0 Å². The van der Waals surface area contributed by atoms with E-state index in [2.05, 4.69) is 41.5 Å². The van der Waals surface area contributed by atoms with Crippen molar-refractivity contribution in [2.45, 2.75) is 77.6 Å². The molecule has 0 aliphatic carbocycles. The molecule has 0 aromatic rings. The zero-order valence-corrected chi connectivity index (χ0v) is 16.9. The minimum atomic E-state index is -1.82. The van der Waals surface area contributed by atoms with Crippen LogP contribution in [0.25, 0.3) is 0 Å². The lowest BCUT2D eigenvalue weighted by molar-refractivity contribution is -0.100. The second kappa shape index (κ2) is 10.8. The van der Waals surface area contributed by atoms with Gasteiger partial charge in [0.15, 0.2) is 8.32 Å². The second-order valence-corrected chi connectivity index (χ2v) is 12.7. The Balaban J connectivity index is 4.76. The van der Waals surface area contributed by atoms with Gasteiger partial charge in [0.2, 0.25) is 0 Å². The fraction of sp³-hybridized carbons (Fsp3) is 1.00. The Labute approximate surface area is 138 Å². The topological polar surface area (TPSA) is 47.9 Å². The Morgan fingerprint density at radius 2 is 1.41 bits per heavy atom. The second-order valence-electron chi connectivity index (χ2n) is 7.23. The van der Waals surface area contributed by atoms with Crippen molar-refractivity contribution in [1.82, 2.24) is 0 Å². The smallest absolute Gasteiger partial charge is 0.200 e. The standard InChI is InChI=1S/C17H38O4Si/c1-13(2)22(14(3)4,15(5)6)21-10-9-17(16(7)11-18)20-12-19-8/h13-18H,9-12H2,1-8H3/t16-,17-/m1/s1. The minimum absolute atomic E-state index is 0.0249. The molecule has 0 aromatic carbocycles. The highest BCUT2D eigenvalue weighted by molar-refractivity contribution is 6.77. The van der Waals surface area contributed by atoms with Crippen LogP contribution < -0.4 is 0 Å². The molecular weight excluding hydrogens is 296 g/mol. The van der Waals surface area contributed by atoms with E-state index >= 15 is 0 Å². The van der Waals surface area contributed by atoms with Gasteiger partial charge in [-0.3, -0.25) is 0 Å². The normalized spacial score (nSPS) is 15.8. The Bertz CT molecular complexity index is 260. The zero-order chi connectivity index (χ0) is 17.3. The molecule has 0 saturated carbocycles. The van der Waals surface area contributed by atoms with Crippen molar-refractivity contribution in [1.29, 1.82) is 0 Å². The van der Waals surface area contributed by atoms with Gasteiger partial charge >= 0.3 is 0 Å². The quantitative estimate of drug-likeness (QED) is 0.429. The van der Waals surface area contributed by atoms with Crippen molar-refractivity contribution in [3.63, 3.8) is 0 Å². The van der Waals surface area contributed by atoms with Gasteiger partial charge in [-0.15, -0.1) is 0 Å². The van der Waals surface area contributed by atoms with Gasteiger partial charge in [-0.2, -0.15) is 0 Å². The molecule has 2 atom stereocenters. The highest BCUT2D eigenvalue weighted by Crippen LogP contribution is 2.42. The van der Waals surface area contributed by atoms with Crippen molar-refractivity contribution >= 4 is 8.32 Å². The zero-order valence-electron chi connectivity index (χ0n) is 15.9. The lowest BCUT2D eigenvalue weighted by Crippen LogP contribution is -2.48. The van der Waals surface area contributed by atoms with Gasteiger partial charge < -0.3 is 19.0 Å². The molecule has 1 N–H and O–H groups in total. The Morgan fingerprint density at radius 1 is 0.909 bits per heavy atom. The molecule has 0 heterocycles. The van der Waals surface area contributed by atoms with Crippen LogP contribution in [0, 0.1) is 5.92 Å². The SMILES string of the molecule is COCO[C@H](CCO[Si](C(C)C)(C(C)C)C(C)C)[C@H](C)CO. The summed E-state index contributed by atoms with van der Waals surface area (Å²) in [5.41, 5.74) is 1.75. The molecule has 0 saturated heterocycles. The first-order valence-electron chi connectivity index (χ1n) is 8.59. The summed E-state index contributed by atoms with van der Waals surface area (Å²) in [5.74, 6) is 0.0898. The number of hydrogen-bond donors (Lipinski definition) is 1. The van der Waals surface area contributed by atoms with Gasteiger partial charge in [0.1, 0.15) is 6.79 Å². The van der Waals surface area contributed by atoms with Crippen LogP contribution in [0.2, 0.25) is 16.6 Å². The monoisotopic (exact) mass is 334 g/mol. The highest BCUT2D eigenvalue weighted by atomic mass is 28.4. The van der Waals surface area contributed by atoms with Gasteiger partial charge in [0.05, 0.1) is 6.10 Å². The van der Waals surface area contributed by atoms with Crippen LogP contribution in [-0.2, 0) is 13.9 Å². The number of aliphatic hydroxyl groups is 1. The van der Waals surface area contributed by atoms with Crippen LogP contribution in [0.15, 0.2) is 0 Å². The van der Waals surface area contributed by atoms with E-state index in [4.69, 9.17) is 13.9 Å². The molecule has 0 radical (unpaired) electrons. The van der Waals surface area contributed by atoms with Gasteiger partial charge in [0, 0.05) is 26.2 Å². The predicted molar refractivity (Wildman–Crippen MR) is 94.6 cm³/mol. The van der Waals surface area contributed by atoms with Crippen molar-refractivity contribution in [3.05, 3.63) is 0 Å². The number of methoxy groups -OCH3 is 1. The molecule has 0 aliphatic rings. The summed E-state index contributed by atoms with van der Waals surface area (Å²) in [6, 6.07) is 0. The molecule has 0 rings (SSSR count). The van der Waals surface area contributed by atoms with E-state index in [1.165, 1.54) is 0 Å². The maximum Gasteiger partial charge on any atom is 0.200 e. The summed E-state index contributed by atoms with van der Waals surface area (Å²) in [5, 5.41) is 9.38. The van der Waals surface area contributed by atoms with Crippen molar-refractivity contribution in [2.75, 3.05) is 27.1 Å². The maximum atomic E-state index is 9.38. The lowest BCUT2D eigenvalue weighted by Gasteiger charge is -2.42. The van der Waals surface area contributed by atoms with E-state index < -0.39 is 8.32 Å². The van der Waals surface area contributed by atoms with Gasteiger partial charge in [-0.1, -0.05) is 48.5 Å². The largest absolute Gasteiger partial charge is 0.416 e. The third-order valence-electron chi connectivity index (χ3n) is 4.78. The molecule has 4 nitrogen and oxygen atoms in total. The molecule has 134 valence electrons. The Morgan fingerprint density at radius 3 is 1.77 bits per heavy atom. The van der Waals surface area contributed by atoms with Crippen molar-refractivity contribution in [2.24, 2.45) is 5.92 Å². The average molecular weight is 335 g/mol. The van der Waals surface area contributed by atoms with E-state index in [0.29, 0.717) is 23.2 Å². The molecule has 0 aromatic heterocycles. The van der Waals surface area contributed by atoms with Crippen molar-refractivity contribution < 1.29 is 19.0 Å². The Hall–Kier alpha value is 0.0569. The fourth-order valence-corrected chi connectivity index (χ4v) is 9.13. The van der Waals surface area contributed by atoms with E-state index in [1.54, 1.807) is 7.11 Å². The molecule has 0 amide bonds. The summed E-state index contributed by atoms with van der Waals surface area (Å²) in [6.07, 6.45) is 0.773. The molecule has 5 heteroatoms. The van der Waals surface area contributed by atoms with Crippen LogP contribution in [0.3, 0.4) is 0 Å². The van der Waals surface area contributed by atoms with Crippen LogP contribution in [0.5, 0.6) is 0 Å². The number of rotatable bonds is 12. The number of aliphatic hydroxyl groups excluding tert-OH is 1. The highest BCUT2D eigenvalue weighted by Gasteiger charge is 2.44. The molecule has 0 fully saturated rings. The summed E-state index contributed by atoms with van der Waals surface area (Å²) < 4.78 is 17.2. The average Bonchev–Trinajstić information content (AvgIpc) is 2.44. The van der Waals surface area contributed by atoms with Crippen molar-refractivity contribution in [3.8, 4) is 0 Å². The summed E-state index contributed by atoms with van der Waals surface area (Å²) in [7, 11) is -0.203. The van der Waals surface area contributed by atoms with Crippen LogP contribution >= 0.6 is 0 Å². The number of hydrogen-bond acceptors (Lipinski definition) is 4. The first kappa shape index (κ1) is 22.1. The number of ether oxygens (including phenoxy) is 2. The van der Waals surface area contributed by atoms with E-state index in [9.17, 15) is 5.11 Å². The summed E-state index contributed by atoms with van der Waals surface area (Å²) in [6.45, 7) is 16.8. The summed E-state index contributed by atoms with van der Waals surface area (Å²) in [4.78, 5) is 0. The Kier molecular flexibility index (Phi) is 10.8. The fourth-order valence-electron chi connectivity index (χ4n) is 3.66. The third-order valence-corrected chi connectivity index (χ3v) is 10.9. The summed E-state index contributed by atoms with van der Waals surface area (Å²) >= 11 is 0. The molecular formula is C17H38O4Si. The first-order chi connectivity index (χ1) is 10.2.